The first kappa shape index (κ1) is 55.6. The number of ether oxygens (including phenoxy) is 3. The average Bonchev–Trinajstić information content (AvgIpc) is 4.51. The van der Waals surface area contributed by atoms with Gasteiger partial charge in [-0.1, -0.05) is 19.9 Å². The van der Waals surface area contributed by atoms with Gasteiger partial charge in [-0.05, 0) is 124 Å². The highest BCUT2D eigenvalue weighted by atomic mass is 19.1. The zero-order chi connectivity index (χ0) is 57.1. The van der Waals surface area contributed by atoms with Crippen LogP contribution in [0, 0.1) is 17.6 Å². The Morgan fingerprint density at radius 3 is 1.57 bits per heavy atom. The molecule has 0 aliphatic carbocycles. The average molecular weight is 1120 g/mol. The van der Waals surface area contributed by atoms with Crippen LogP contribution in [0.15, 0.2) is 144 Å². The minimum atomic E-state index is -1.14. The first-order valence-corrected chi connectivity index (χ1v) is 28.1. The van der Waals surface area contributed by atoms with Gasteiger partial charge in [0, 0.05) is 98.7 Å². The first-order chi connectivity index (χ1) is 39.8. The van der Waals surface area contributed by atoms with Crippen molar-refractivity contribution in [1.29, 1.82) is 0 Å². The van der Waals surface area contributed by atoms with Crippen LogP contribution in [0.4, 0.5) is 31.5 Å². The molecule has 0 saturated carbocycles. The maximum atomic E-state index is 15.5. The zero-order valence-electron chi connectivity index (χ0n) is 46.5. The number of aromatic nitrogens is 9. The summed E-state index contributed by atoms with van der Waals surface area (Å²) in [4.78, 5) is 39.9. The molecule has 3 aliphatic heterocycles. The lowest BCUT2D eigenvalue weighted by atomic mass is 9.87. The van der Waals surface area contributed by atoms with E-state index >= 15 is 4.39 Å². The monoisotopic (exact) mass is 1120 g/mol. The highest BCUT2D eigenvalue weighted by Gasteiger charge is 2.45. The summed E-state index contributed by atoms with van der Waals surface area (Å²) in [5.74, 6) is 0.157. The molecule has 3 saturated heterocycles. The molecular formula is C60H69F2N13O7. The lowest BCUT2D eigenvalue weighted by molar-refractivity contribution is -0.0206. The summed E-state index contributed by atoms with van der Waals surface area (Å²) in [6.45, 7) is 14.0. The Morgan fingerprint density at radius 1 is 0.610 bits per heavy atom. The Hall–Kier alpha value is -8.34. The van der Waals surface area contributed by atoms with Crippen molar-refractivity contribution in [2.75, 3.05) is 85.2 Å². The fourth-order valence-corrected chi connectivity index (χ4v) is 11.7. The van der Waals surface area contributed by atoms with Gasteiger partial charge >= 0.3 is 11.4 Å². The summed E-state index contributed by atoms with van der Waals surface area (Å²) in [6, 6.07) is 32.6. The van der Waals surface area contributed by atoms with Crippen molar-refractivity contribution in [3.05, 3.63) is 173 Å². The van der Waals surface area contributed by atoms with Crippen molar-refractivity contribution in [3.63, 3.8) is 0 Å². The van der Waals surface area contributed by atoms with E-state index in [1.165, 1.54) is 49.6 Å². The third-order valence-corrected chi connectivity index (χ3v) is 16.2. The topological polar surface area (TPSA) is 191 Å². The summed E-state index contributed by atoms with van der Waals surface area (Å²) in [7, 11) is 0. The van der Waals surface area contributed by atoms with Crippen molar-refractivity contribution in [1.82, 2.24) is 43.5 Å². The Morgan fingerprint density at radius 2 is 1.10 bits per heavy atom. The Kier molecular flexibility index (Phi) is 16.3. The molecule has 0 spiro atoms. The van der Waals surface area contributed by atoms with Gasteiger partial charge in [-0.25, -0.2) is 46.5 Å². The van der Waals surface area contributed by atoms with Gasteiger partial charge in [0.2, 0.25) is 0 Å². The quantitative estimate of drug-likeness (QED) is 0.0769. The predicted molar refractivity (Wildman–Crippen MR) is 307 cm³/mol. The summed E-state index contributed by atoms with van der Waals surface area (Å²) in [5, 5.41) is 33.3. The highest BCUT2D eigenvalue weighted by Crippen LogP contribution is 2.43. The summed E-state index contributed by atoms with van der Waals surface area (Å²) >= 11 is 0. The number of hydrogen-bond donors (Lipinski definition) is 2. The Balaban J connectivity index is 0.768. The number of piperazine rings is 2. The van der Waals surface area contributed by atoms with E-state index in [4.69, 9.17) is 14.2 Å². The highest BCUT2D eigenvalue weighted by molar-refractivity contribution is 5.60. The molecule has 11 rings (SSSR count). The maximum absolute atomic E-state index is 15.5. The molecule has 0 bridgehead atoms. The van der Waals surface area contributed by atoms with E-state index in [2.05, 4.69) is 52.0 Å². The SMILES string of the molecule is CCC(C(C)O)n1ncn(-c2ccc(N3CCN(c4ccc(Oc5cc(N6CCN(c7ccc(-n8cnn(C(CC)C(C)O)c8=O)cc7)CC6)ccc5OCC5COC(Cn6cncn6)(c6ccc(F)cc6F)C5)cc4)CC3)cc2)c1=O. The van der Waals surface area contributed by atoms with Gasteiger partial charge in [0.25, 0.3) is 0 Å². The van der Waals surface area contributed by atoms with Gasteiger partial charge in [-0.15, -0.1) is 0 Å². The molecule has 0 radical (unpaired) electrons. The summed E-state index contributed by atoms with van der Waals surface area (Å²) < 4.78 is 56.8. The molecule has 3 aromatic heterocycles. The minimum absolute atomic E-state index is 0.165. The van der Waals surface area contributed by atoms with Crippen molar-refractivity contribution >= 4 is 22.7 Å². The molecule has 6 atom stereocenters. The van der Waals surface area contributed by atoms with Crippen LogP contribution < -0.4 is 40.5 Å². The fraction of sp³-hybridized carbons (Fsp3) is 0.400. The third-order valence-electron chi connectivity index (χ3n) is 16.2. The second kappa shape index (κ2) is 24.0. The minimum Gasteiger partial charge on any atom is -0.489 e. The van der Waals surface area contributed by atoms with Crippen molar-refractivity contribution in [2.24, 2.45) is 5.92 Å². The molecule has 3 fully saturated rings. The van der Waals surface area contributed by atoms with Crippen molar-refractivity contribution in [2.45, 2.75) is 83.4 Å². The van der Waals surface area contributed by atoms with Gasteiger partial charge in [0.1, 0.15) is 48.3 Å². The number of halogens is 2. The normalized spacial score (nSPS) is 19.1. The fourth-order valence-electron chi connectivity index (χ4n) is 11.7. The van der Waals surface area contributed by atoms with Crippen LogP contribution in [0.2, 0.25) is 0 Å². The molecule has 82 heavy (non-hydrogen) atoms. The summed E-state index contributed by atoms with van der Waals surface area (Å²) in [5.41, 5.74) is 4.05. The van der Waals surface area contributed by atoms with E-state index in [0.29, 0.717) is 47.9 Å². The number of benzene rings is 5. The van der Waals surface area contributed by atoms with Gasteiger partial charge < -0.3 is 44.0 Å². The largest absolute Gasteiger partial charge is 0.489 e. The number of nitrogens with zero attached hydrogens (tertiary/aromatic N) is 13. The first-order valence-electron chi connectivity index (χ1n) is 28.1. The van der Waals surface area contributed by atoms with Crippen LogP contribution >= 0.6 is 0 Å². The van der Waals surface area contributed by atoms with Gasteiger partial charge in [0.15, 0.2) is 11.5 Å². The van der Waals surface area contributed by atoms with E-state index in [1.807, 2.05) is 92.7 Å². The van der Waals surface area contributed by atoms with Crippen LogP contribution in [-0.2, 0) is 16.9 Å². The Labute approximate surface area is 473 Å². The van der Waals surface area contributed by atoms with Gasteiger partial charge in [-0.2, -0.15) is 15.3 Å². The number of aliphatic hydroxyl groups excluding tert-OH is 2. The molecule has 20 nitrogen and oxygen atoms in total. The van der Waals surface area contributed by atoms with Crippen molar-refractivity contribution in [3.8, 4) is 28.6 Å². The third kappa shape index (κ3) is 11.6. The molecule has 6 heterocycles. The lowest BCUT2D eigenvalue weighted by Gasteiger charge is -2.37. The van der Waals surface area contributed by atoms with Crippen LogP contribution in [0.1, 0.15) is 64.6 Å². The lowest BCUT2D eigenvalue weighted by Crippen LogP contribution is -2.46. The second-order valence-electron chi connectivity index (χ2n) is 21.5. The van der Waals surface area contributed by atoms with E-state index in [0.717, 1.165) is 81.2 Å². The van der Waals surface area contributed by atoms with Gasteiger partial charge in [-0.3, -0.25) is 0 Å². The second-order valence-corrected chi connectivity index (χ2v) is 21.5. The van der Waals surface area contributed by atoms with E-state index in [9.17, 15) is 24.2 Å². The molecular weight excluding hydrogens is 1050 g/mol. The van der Waals surface area contributed by atoms with Crippen LogP contribution in [0.25, 0.3) is 11.4 Å². The zero-order valence-corrected chi connectivity index (χ0v) is 46.5. The standard InChI is InChI=1S/C60H69F2N13O7/c1-5-54(41(3)76)74-58(78)72(39-65-74)48-12-8-45(9-13-48)67-23-25-69(26-24-67)47-16-19-51(20-17-47)82-57-32-50(70-29-27-68(28-30-70)46-10-14-49(15-11-46)73-40-66-75(59(73)79)55(6-2)42(4)77)18-22-56(57)80-34-43-33-60(81-35-43,36-71-38-63-37-64-71)52-21-7-44(61)31-53(52)62/h7-22,31-32,37-43,54-55,76-77H,5-6,23-30,33-36H2,1-4H3. The molecule has 2 N–H and O–H groups in total. The number of rotatable bonds is 20. The molecule has 0 amide bonds. The van der Waals surface area contributed by atoms with Gasteiger partial charge in [0.05, 0.1) is 55.4 Å². The van der Waals surface area contributed by atoms with Crippen LogP contribution in [0.5, 0.6) is 17.2 Å². The smallest absolute Gasteiger partial charge is 0.350 e. The van der Waals surface area contributed by atoms with Crippen LogP contribution in [-0.4, -0.2) is 131 Å². The molecule has 430 valence electrons. The van der Waals surface area contributed by atoms with E-state index < -0.39 is 41.5 Å². The Bertz CT molecular complexity index is 3540. The maximum Gasteiger partial charge on any atom is 0.350 e. The molecule has 6 unspecified atom stereocenters. The molecule has 3 aliphatic rings. The van der Waals surface area contributed by atoms with Crippen LogP contribution in [0.3, 0.4) is 0 Å². The van der Waals surface area contributed by atoms with E-state index in [1.54, 1.807) is 24.9 Å². The molecule has 22 heteroatoms. The molecule has 5 aromatic carbocycles. The molecule has 8 aromatic rings. The number of aliphatic hydroxyl groups is 2. The number of hydrogen-bond acceptors (Lipinski definition) is 15. The summed E-state index contributed by atoms with van der Waals surface area (Å²) in [6.07, 6.45) is 6.08. The predicted octanol–water partition coefficient (Wildman–Crippen LogP) is 7.37. The number of anilines is 4. The van der Waals surface area contributed by atoms with E-state index in [-0.39, 0.29) is 42.6 Å². The van der Waals surface area contributed by atoms with Crippen molar-refractivity contribution < 1.29 is 33.2 Å².